The number of carbonyl (C=O) groups is 2. The summed E-state index contributed by atoms with van der Waals surface area (Å²) in [5.74, 6) is 6.64. The van der Waals surface area contributed by atoms with Crippen molar-refractivity contribution in [1.82, 2.24) is 14.7 Å². The molecule has 1 fully saturated rings. The summed E-state index contributed by atoms with van der Waals surface area (Å²) in [6.45, 7) is 8.89. The van der Waals surface area contributed by atoms with Crippen LogP contribution in [0.4, 0.5) is 10.5 Å². The van der Waals surface area contributed by atoms with Gasteiger partial charge in [-0.2, -0.15) is 5.10 Å². The second-order valence-corrected chi connectivity index (χ2v) is 8.83. The van der Waals surface area contributed by atoms with Gasteiger partial charge in [-0.05, 0) is 70.4 Å². The fourth-order valence-corrected chi connectivity index (χ4v) is 3.38. The maximum Gasteiger partial charge on any atom is 0.410 e. The maximum absolute atomic E-state index is 12.4. The van der Waals surface area contributed by atoms with Crippen molar-refractivity contribution in [2.24, 2.45) is 13.0 Å². The third-order valence-electron chi connectivity index (χ3n) is 5.10. The number of benzene rings is 1. The number of rotatable bonds is 2. The zero-order chi connectivity index (χ0) is 22.6. The van der Waals surface area contributed by atoms with E-state index in [-0.39, 0.29) is 17.9 Å². The van der Waals surface area contributed by atoms with Crippen molar-refractivity contribution in [1.29, 1.82) is 0 Å². The number of aryl methyl sites for hydroxylation is 2. The largest absolute Gasteiger partial charge is 0.444 e. The first-order valence-electron chi connectivity index (χ1n) is 10.5. The van der Waals surface area contributed by atoms with Gasteiger partial charge in [-0.15, -0.1) is 0 Å². The minimum Gasteiger partial charge on any atom is -0.444 e. The van der Waals surface area contributed by atoms with Crippen molar-refractivity contribution in [2.45, 2.75) is 46.1 Å². The van der Waals surface area contributed by atoms with Crippen molar-refractivity contribution < 1.29 is 14.3 Å². The van der Waals surface area contributed by atoms with E-state index in [1.54, 1.807) is 28.9 Å². The number of carbonyl (C=O) groups excluding carboxylic acids is 2. The van der Waals surface area contributed by atoms with Gasteiger partial charge in [-0.25, -0.2) is 4.79 Å². The highest BCUT2D eigenvalue weighted by Crippen LogP contribution is 2.20. The van der Waals surface area contributed by atoms with Crippen LogP contribution in [0, 0.1) is 24.7 Å². The first-order chi connectivity index (χ1) is 14.6. The zero-order valence-corrected chi connectivity index (χ0v) is 18.9. The molecule has 1 aromatic carbocycles. The predicted molar refractivity (Wildman–Crippen MR) is 120 cm³/mol. The molecule has 1 aliphatic heterocycles. The number of nitrogens with one attached hydrogen (secondary N) is 1. The van der Waals surface area contributed by atoms with Gasteiger partial charge < -0.3 is 15.0 Å². The summed E-state index contributed by atoms with van der Waals surface area (Å²) in [6, 6.07) is 7.44. The number of nitrogens with zero attached hydrogens (tertiary/aromatic N) is 3. The van der Waals surface area contributed by atoms with Crippen LogP contribution in [-0.4, -0.2) is 45.4 Å². The number of anilines is 1. The first kappa shape index (κ1) is 22.4. The minimum atomic E-state index is -0.477. The van der Waals surface area contributed by atoms with Crippen LogP contribution in [0.3, 0.4) is 0 Å². The summed E-state index contributed by atoms with van der Waals surface area (Å²) >= 11 is 0. The fourth-order valence-electron chi connectivity index (χ4n) is 3.38. The summed E-state index contributed by atoms with van der Waals surface area (Å²) in [4.78, 5) is 26.3. The molecule has 1 aliphatic rings. The van der Waals surface area contributed by atoms with Crippen molar-refractivity contribution in [2.75, 3.05) is 18.4 Å². The summed E-state index contributed by atoms with van der Waals surface area (Å²) in [5.41, 5.74) is 2.63. The summed E-state index contributed by atoms with van der Waals surface area (Å²) in [5, 5.41) is 6.94. The Bertz CT molecular complexity index is 1020. The Morgan fingerprint density at radius 2 is 1.90 bits per heavy atom. The van der Waals surface area contributed by atoms with Gasteiger partial charge in [0, 0.05) is 43.5 Å². The highest BCUT2D eigenvalue weighted by atomic mass is 16.6. The molecular weight excluding hydrogens is 392 g/mol. The fraction of sp³-hybridized carbons (Fsp3) is 0.458. The van der Waals surface area contributed by atoms with Gasteiger partial charge in [0.05, 0.1) is 0 Å². The van der Waals surface area contributed by atoms with Crippen molar-refractivity contribution >= 4 is 17.7 Å². The minimum absolute atomic E-state index is 0.196. The molecule has 1 saturated heterocycles. The van der Waals surface area contributed by atoms with Crippen LogP contribution in [0.5, 0.6) is 0 Å². The molecule has 0 bridgehead atoms. The van der Waals surface area contributed by atoms with Crippen LogP contribution in [0.25, 0.3) is 0 Å². The topological polar surface area (TPSA) is 76.5 Å². The Kier molecular flexibility index (Phi) is 6.69. The zero-order valence-electron chi connectivity index (χ0n) is 18.9. The van der Waals surface area contributed by atoms with E-state index in [2.05, 4.69) is 22.3 Å². The molecule has 3 rings (SSSR count). The molecule has 1 N–H and O–H groups in total. The molecular formula is C24H30N4O3. The molecule has 0 saturated carbocycles. The van der Waals surface area contributed by atoms with Crippen LogP contribution in [0.1, 0.15) is 55.2 Å². The Labute approximate surface area is 183 Å². The SMILES string of the molecule is Cc1cc(C#CC2CCN(C(=O)OC(C)(C)C)CC2)ccc1NC(=O)c1ccnn1C. The van der Waals surface area contributed by atoms with Crippen LogP contribution < -0.4 is 5.32 Å². The predicted octanol–water partition coefficient (Wildman–Crippen LogP) is 3.98. The molecule has 164 valence electrons. The lowest BCUT2D eigenvalue weighted by Gasteiger charge is -2.31. The summed E-state index contributed by atoms with van der Waals surface area (Å²) in [6.07, 6.45) is 3.02. The molecule has 2 amide bonds. The van der Waals surface area contributed by atoms with Crippen LogP contribution in [-0.2, 0) is 11.8 Å². The van der Waals surface area contributed by atoms with E-state index in [1.807, 2.05) is 45.9 Å². The molecule has 0 radical (unpaired) electrons. The lowest BCUT2D eigenvalue weighted by atomic mass is 9.97. The molecule has 2 aromatic rings. The van der Waals surface area contributed by atoms with Crippen molar-refractivity contribution in [3.8, 4) is 11.8 Å². The molecule has 7 nitrogen and oxygen atoms in total. The van der Waals surface area contributed by atoms with Gasteiger partial charge in [-0.1, -0.05) is 11.8 Å². The molecule has 0 unspecified atom stereocenters. The number of aromatic nitrogens is 2. The number of hydrogen-bond acceptors (Lipinski definition) is 4. The Balaban J connectivity index is 1.56. The summed E-state index contributed by atoms with van der Waals surface area (Å²) in [7, 11) is 1.73. The molecule has 2 heterocycles. The lowest BCUT2D eigenvalue weighted by Crippen LogP contribution is -2.41. The van der Waals surface area contributed by atoms with Crippen molar-refractivity contribution in [3.05, 3.63) is 47.3 Å². The van der Waals surface area contributed by atoms with Gasteiger partial charge in [-0.3, -0.25) is 9.48 Å². The van der Waals surface area contributed by atoms with Crippen LogP contribution in [0.15, 0.2) is 30.5 Å². The summed E-state index contributed by atoms with van der Waals surface area (Å²) < 4.78 is 6.98. The quantitative estimate of drug-likeness (QED) is 0.743. The molecule has 0 spiro atoms. The van der Waals surface area contributed by atoms with E-state index in [0.29, 0.717) is 18.8 Å². The second kappa shape index (κ2) is 9.25. The van der Waals surface area contributed by atoms with E-state index in [9.17, 15) is 9.59 Å². The highest BCUT2D eigenvalue weighted by molar-refractivity contribution is 6.03. The smallest absolute Gasteiger partial charge is 0.410 e. The first-order valence-corrected chi connectivity index (χ1v) is 10.5. The maximum atomic E-state index is 12.4. The normalized spacial score (nSPS) is 14.5. The van der Waals surface area contributed by atoms with Crippen molar-refractivity contribution in [3.63, 3.8) is 0 Å². The van der Waals surface area contributed by atoms with E-state index in [1.165, 1.54) is 0 Å². The van der Waals surface area contributed by atoms with E-state index < -0.39 is 5.60 Å². The van der Waals surface area contributed by atoms with E-state index in [4.69, 9.17) is 4.74 Å². The monoisotopic (exact) mass is 422 g/mol. The third-order valence-corrected chi connectivity index (χ3v) is 5.10. The van der Waals surface area contributed by atoms with E-state index >= 15 is 0 Å². The van der Waals surface area contributed by atoms with Gasteiger partial charge in [0.2, 0.25) is 0 Å². The van der Waals surface area contributed by atoms with Gasteiger partial charge in [0.1, 0.15) is 11.3 Å². The Morgan fingerprint density at radius 1 is 1.19 bits per heavy atom. The molecule has 7 heteroatoms. The lowest BCUT2D eigenvalue weighted by molar-refractivity contribution is 0.0199. The Hall–Kier alpha value is -3.27. The molecule has 0 aliphatic carbocycles. The van der Waals surface area contributed by atoms with Gasteiger partial charge in [0.15, 0.2) is 0 Å². The number of hydrogen-bond donors (Lipinski definition) is 1. The molecule has 31 heavy (non-hydrogen) atoms. The highest BCUT2D eigenvalue weighted by Gasteiger charge is 2.26. The van der Waals surface area contributed by atoms with Crippen LogP contribution >= 0.6 is 0 Å². The third kappa shape index (κ3) is 6.11. The number of likely N-dealkylation sites (tertiary alicyclic amines) is 1. The Morgan fingerprint density at radius 3 is 2.48 bits per heavy atom. The van der Waals surface area contributed by atoms with Gasteiger partial charge >= 0.3 is 6.09 Å². The average molecular weight is 423 g/mol. The average Bonchev–Trinajstić information content (AvgIpc) is 3.13. The van der Waals surface area contributed by atoms with Gasteiger partial charge in [0.25, 0.3) is 5.91 Å². The van der Waals surface area contributed by atoms with Crippen LogP contribution in [0.2, 0.25) is 0 Å². The van der Waals surface area contributed by atoms with E-state index in [0.717, 1.165) is 29.7 Å². The number of ether oxygens (including phenoxy) is 1. The number of piperidine rings is 1. The molecule has 1 aromatic heterocycles. The standard InChI is InChI=1S/C24H30N4O3/c1-17-16-19(8-9-20(17)26-22(29)21-10-13-25-27(21)5)7-6-18-11-14-28(15-12-18)23(30)31-24(2,3)4/h8-10,13,16,18H,11-12,14-15H2,1-5H3,(H,26,29). The molecule has 0 atom stereocenters. The number of amides is 2. The second-order valence-electron chi connectivity index (χ2n) is 8.83.